The average Bonchev–Trinajstić information content (AvgIpc) is 3.07. The van der Waals surface area contributed by atoms with Crippen LogP contribution in [0, 0.1) is 17.0 Å². The first kappa shape index (κ1) is 15.5. The van der Waals surface area contributed by atoms with Crippen LogP contribution in [0.25, 0.3) is 11.3 Å². The summed E-state index contributed by atoms with van der Waals surface area (Å²) in [5, 5.41) is 13.9. The van der Waals surface area contributed by atoms with Crippen LogP contribution < -0.4 is 5.32 Å². The monoisotopic (exact) mass is 322 g/mol. The third kappa shape index (κ3) is 3.03. The zero-order chi connectivity index (χ0) is 17.1. The molecule has 2 aromatic carbocycles. The fourth-order valence-corrected chi connectivity index (χ4v) is 2.34. The highest BCUT2D eigenvalue weighted by Gasteiger charge is 2.19. The highest BCUT2D eigenvalue weighted by Crippen LogP contribution is 2.31. The van der Waals surface area contributed by atoms with E-state index in [1.54, 1.807) is 30.3 Å². The summed E-state index contributed by atoms with van der Waals surface area (Å²) in [4.78, 5) is 22.9. The van der Waals surface area contributed by atoms with Crippen LogP contribution in [0.5, 0.6) is 0 Å². The van der Waals surface area contributed by atoms with E-state index in [1.807, 2.05) is 25.1 Å². The molecule has 0 saturated heterocycles. The quantitative estimate of drug-likeness (QED) is 0.569. The molecule has 1 amide bonds. The van der Waals surface area contributed by atoms with E-state index in [0.29, 0.717) is 11.3 Å². The molecule has 3 rings (SSSR count). The lowest BCUT2D eigenvalue weighted by molar-refractivity contribution is -0.384. The van der Waals surface area contributed by atoms with E-state index in [9.17, 15) is 14.9 Å². The summed E-state index contributed by atoms with van der Waals surface area (Å²) in [6.45, 7) is 1.89. The van der Waals surface area contributed by atoms with Crippen LogP contribution in [-0.4, -0.2) is 10.8 Å². The van der Waals surface area contributed by atoms with Gasteiger partial charge in [-0.15, -0.1) is 0 Å². The first-order chi connectivity index (χ1) is 11.6. The third-order valence-corrected chi connectivity index (χ3v) is 3.59. The molecule has 6 nitrogen and oxygen atoms in total. The molecular formula is C18H14N2O4. The van der Waals surface area contributed by atoms with Gasteiger partial charge in [0.05, 0.1) is 10.5 Å². The minimum absolute atomic E-state index is 0.0716. The highest BCUT2D eigenvalue weighted by molar-refractivity contribution is 6.03. The molecule has 1 aromatic heterocycles. The van der Waals surface area contributed by atoms with Gasteiger partial charge < -0.3 is 9.73 Å². The Labute approximate surface area is 137 Å². The van der Waals surface area contributed by atoms with Gasteiger partial charge in [0, 0.05) is 11.8 Å². The predicted molar refractivity (Wildman–Crippen MR) is 89.9 cm³/mol. The van der Waals surface area contributed by atoms with Gasteiger partial charge >= 0.3 is 0 Å². The molecule has 1 N–H and O–H groups in total. The van der Waals surface area contributed by atoms with Crippen molar-refractivity contribution < 1.29 is 14.1 Å². The second-order valence-corrected chi connectivity index (χ2v) is 5.21. The van der Waals surface area contributed by atoms with Gasteiger partial charge in [0.2, 0.25) is 0 Å². The van der Waals surface area contributed by atoms with Crippen molar-refractivity contribution in [1.82, 2.24) is 0 Å². The minimum atomic E-state index is -0.481. The Morgan fingerprint density at radius 3 is 2.50 bits per heavy atom. The number of furan rings is 1. The number of nitrogens with zero attached hydrogens (tertiary/aromatic N) is 1. The molecule has 0 bridgehead atoms. The standard InChI is InChI=1S/C18H14N2O4/c1-12-6-2-4-8-14(12)19-18(21)17-11-10-16(24-17)13-7-3-5-9-15(13)20(22)23/h2-11H,1H3,(H,19,21). The fraction of sp³-hybridized carbons (Fsp3) is 0.0556. The molecule has 0 atom stereocenters. The predicted octanol–water partition coefficient (Wildman–Crippen LogP) is 4.42. The zero-order valence-corrected chi connectivity index (χ0v) is 12.9. The topological polar surface area (TPSA) is 85.4 Å². The Bertz CT molecular complexity index is 915. The van der Waals surface area contributed by atoms with E-state index in [4.69, 9.17) is 4.42 Å². The number of aryl methyl sites for hydroxylation is 1. The Balaban J connectivity index is 1.87. The van der Waals surface area contributed by atoms with Gasteiger partial charge in [0.1, 0.15) is 5.76 Å². The smallest absolute Gasteiger partial charge is 0.291 e. The lowest BCUT2D eigenvalue weighted by atomic mass is 10.1. The van der Waals surface area contributed by atoms with Crippen LogP contribution >= 0.6 is 0 Å². The molecule has 120 valence electrons. The number of carbonyl (C=O) groups is 1. The normalized spacial score (nSPS) is 10.4. The number of anilines is 1. The van der Waals surface area contributed by atoms with E-state index < -0.39 is 10.8 Å². The van der Waals surface area contributed by atoms with Gasteiger partial charge in [-0.05, 0) is 36.8 Å². The number of nitro benzene ring substituents is 1. The average molecular weight is 322 g/mol. The fourth-order valence-electron chi connectivity index (χ4n) is 2.34. The summed E-state index contributed by atoms with van der Waals surface area (Å²) >= 11 is 0. The molecule has 1 heterocycles. The van der Waals surface area contributed by atoms with Crippen LogP contribution in [0.1, 0.15) is 16.1 Å². The Morgan fingerprint density at radius 2 is 1.75 bits per heavy atom. The van der Waals surface area contributed by atoms with E-state index >= 15 is 0 Å². The molecule has 0 fully saturated rings. The Kier molecular flexibility index (Phi) is 4.11. The summed E-state index contributed by atoms with van der Waals surface area (Å²) in [5.41, 5.74) is 1.87. The first-order valence-electron chi connectivity index (χ1n) is 7.27. The van der Waals surface area contributed by atoms with Crippen LogP contribution in [0.4, 0.5) is 11.4 Å². The molecule has 0 aliphatic carbocycles. The second-order valence-electron chi connectivity index (χ2n) is 5.21. The lowest BCUT2D eigenvalue weighted by Gasteiger charge is -2.06. The second kappa shape index (κ2) is 6.37. The molecular weight excluding hydrogens is 308 g/mol. The van der Waals surface area contributed by atoms with E-state index in [-0.39, 0.29) is 17.2 Å². The van der Waals surface area contributed by atoms with Crippen molar-refractivity contribution in [3.8, 4) is 11.3 Å². The number of rotatable bonds is 4. The summed E-state index contributed by atoms with van der Waals surface area (Å²) in [6, 6.07) is 16.7. The molecule has 0 unspecified atom stereocenters. The van der Waals surface area contributed by atoms with Crippen molar-refractivity contribution in [3.05, 3.63) is 82.1 Å². The first-order valence-corrected chi connectivity index (χ1v) is 7.27. The van der Waals surface area contributed by atoms with Gasteiger partial charge in [-0.1, -0.05) is 30.3 Å². The maximum Gasteiger partial charge on any atom is 0.291 e. The minimum Gasteiger partial charge on any atom is -0.451 e. The molecule has 0 saturated carbocycles. The van der Waals surface area contributed by atoms with Gasteiger partial charge in [0.25, 0.3) is 11.6 Å². The molecule has 0 spiro atoms. The van der Waals surface area contributed by atoms with Crippen molar-refractivity contribution in [2.45, 2.75) is 6.92 Å². The van der Waals surface area contributed by atoms with E-state index in [2.05, 4.69) is 5.32 Å². The summed E-state index contributed by atoms with van der Waals surface area (Å²) < 4.78 is 5.52. The summed E-state index contributed by atoms with van der Waals surface area (Å²) in [6.07, 6.45) is 0. The zero-order valence-electron chi connectivity index (χ0n) is 12.9. The van der Waals surface area contributed by atoms with Gasteiger partial charge in [-0.25, -0.2) is 0 Å². The largest absolute Gasteiger partial charge is 0.451 e. The van der Waals surface area contributed by atoms with E-state index in [1.165, 1.54) is 12.1 Å². The van der Waals surface area contributed by atoms with Crippen molar-refractivity contribution in [2.24, 2.45) is 0 Å². The van der Waals surface area contributed by atoms with Gasteiger partial charge in [-0.3, -0.25) is 14.9 Å². The number of carbonyl (C=O) groups excluding carboxylic acids is 1. The maximum atomic E-state index is 12.3. The van der Waals surface area contributed by atoms with Gasteiger partial charge in [-0.2, -0.15) is 0 Å². The number of nitrogens with one attached hydrogen (secondary N) is 1. The maximum absolute atomic E-state index is 12.3. The molecule has 0 aliphatic heterocycles. The molecule has 6 heteroatoms. The van der Waals surface area contributed by atoms with Crippen LogP contribution in [0.3, 0.4) is 0 Å². The number of para-hydroxylation sites is 2. The Morgan fingerprint density at radius 1 is 1.04 bits per heavy atom. The summed E-state index contributed by atoms with van der Waals surface area (Å²) in [5.74, 6) is -0.0437. The number of benzene rings is 2. The van der Waals surface area contributed by atoms with Crippen molar-refractivity contribution in [3.63, 3.8) is 0 Å². The van der Waals surface area contributed by atoms with Crippen LogP contribution in [0.2, 0.25) is 0 Å². The van der Waals surface area contributed by atoms with Crippen molar-refractivity contribution in [1.29, 1.82) is 0 Å². The molecule has 0 aliphatic rings. The number of hydrogen-bond donors (Lipinski definition) is 1. The van der Waals surface area contributed by atoms with E-state index in [0.717, 1.165) is 5.56 Å². The summed E-state index contributed by atoms with van der Waals surface area (Å²) in [7, 11) is 0. The van der Waals surface area contributed by atoms with Crippen molar-refractivity contribution >= 4 is 17.3 Å². The van der Waals surface area contributed by atoms with Crippen LogP contribution in [0.15, 0.2) is 65.1 Å². The highest BCUT2D eigenvalue weighted by atomic mass is 16.6. The van der Waals surface area contributed by atoms with Gasteiger partial charge in [0.15, 0.2) is 5.76 Å². The Hall–Kier alpha value is -3.41. The van der Waals surface area contributed by atoms with Crippen molar-refractivity contribution in [2.75, 3.05) is 5.32 Å². The lowest BCUT2D eigenvalue weighted by Crippen LogP contribution is -2.11. The molecule has 0 radical (unpaired) electrons. The number of amides is 1. The number of nitro groups is 1. The number of hydrogen-bond acceptors (Lipinski definition) is 4. The molecule has 3 aromatic rings. The van der Waals surface area contributed by atoms with Crippen LogP contribution in [-0.2, 0) is 0 Å². The SMILES string of the molecule is Cc1ccccc1NC(=O)c1ccc(-c2ccccc2[N+](=O)[O-])o1. The molecule has 24 heavy (non-hydrogen) atoms. The third-order valence-electron chi connectivity index (χ3n) is 3.59.